The van der Waals surface area contributed by atoms with Crippen molar-refractivity contribution in [3.05, 3.63) is 28.2 Å². The number of hydrogen-bond donors (Lipinski definition) is 1. The topological polar surface area (TPSA) is 69.4 Å². The zero-order valence-electron chi connectivity index (χ0n) is 7.20. The molecule has 0 aliphatic heterocycles. The average molecular weight is 258 g/mol. The fourth-order valence-electron chi connectivity index (χ4n) is 0.856. The molecule has 0 unspecified atom stereocenters. The molecule has 5 heteroatoms. The van der Waals surface area contributed by atoms with Crippen LogP contribution < -0.4 is 10.5 Å². The van der Waals surface area contributed by atoms with Crippen LogP contribution in [-0.2, 0) is 4.79 Å². The molecule has 1 aromatic carbocycles. The lowest BCUT2D eigenvalue weighted by Gasteiger charge is -2.04. The first-order valence-electron chi connectivity index (χ1n) is 3.79. The minimum absolute atomic E-state index is 0.195. The first-order valence-corrected chi connectivity index (χ1v) is 4.58. The van der Waals surface area contributed by atoms with Gasteiger partial charge in [-0.1, -0.05) is 15.9 Å². The number of primary amides is 1. The van der Waals surface area contributed by atoms with E-state index >= 15 is 0 Å². The molecule has 0 saturated carbocycles. The standard InChI is InChI=1S/C9H8BrNO3/c10-8-2-1-7(3-6(8)4-12)14-5-9(11)13/h1-4H,5H2,(H2,11,13). The van der Waals surface area contributed by atoms with Crippen LogP contribution in [0.4, 0.5) is 0 Å². The van der Waals surface area contributed by atoms with E-state index in [1.54, 1.807) is 12.1 Å². The van der Waals surface area contributed by atoms with Crippen molar-refractivity contribution in [2.45, 2.75) is 0 Å². The number of nitrogens with two attached hydrogens (primary N) is 1. The smallest absolute Gasteiger partial charge is 0.255 e. The predicted octanol–water partition coefficient (Wildman–Crippen LogP) is 1.13. The van der Waals surface area contributed by atoms with Gasteiger partial charge < -0.3 is 10.5 Å². The molecule has 0 aliphatic rings. The summed E-state index contributed by atoms with van der Waals surface area (Å²) in [5.74, 6) is -0.116. The molecule has 0 bridgehead atoms. The van der Waals surface area contributed by atoms with Crippen molar-refractivity contribution in [1.29, 1.82) is 0 Å². The van der Waals surface area contributed by atoms with Crippen molar-refractivity contribution in [3.8, 4) is 5.75 Å². The van der Waals surface area contributed by atoms with Crippen LogP contribution in [0.2, 0.25) is 0 Å². The number of ether oxygens (including phenoxy) is 1. The lowest BCUT2D eigenvalue weighted by molar-refractivity contribution is -0.119. The fraction of sp³-hybridized carbons (Fsp3) is 0.111. The zero-order chi connectivity index (χ0) is 10.6. The van der Waals surface area contributed by atoms with E-state index < -0.39 is 5.91 Å². The van der Waals surface area contributed by atoms with Crippen LogP contribution in [0.15, 0.2) is 22.7 Å². The molecule has 1 aromatic rings. The Labute approximate surface area is 89.2 Å². The second kappa shape index (κ2) is 4.76. The van der Waals surface area contributed by atoms with Gasteiger partial charge in [-0.3, -0.25) is 9.59 Å². The zero-order valence-corrected chi connectivity index (χ0v) is 8.78. The molecule has 0 radical (unpaired) electrons. The summed E-state index contributed by atoms with van der Waals surface area (Å²) in [7, 11) is 0. The molecule has 0 saturated heterocycles. The molecule has 4 nitrogen and oxygen atoms in total. The van der Waals surface area contributed by atoms with E-state index in [1.807, 2.05) is 0 Å². The highest BCUT2D eigenvalue weighted by molar-refractivity contribution is 9.10. The van der Waals surface area contributed by atoms with Gasteiger partial charge in [0.2, 0.25) is 0 Å². The largest absolute Gasteiger partial charge is 0.484 e. The van der Waals surface area contributed by atoms with Crippen molar-refractivity contribution in [2.75, 3.05) is 6.61 Å². The molecule has 0 fully saturated rings. The van der Waals surface area contributed by atoms with E-state index in [9.17, 15) is 9.59 Å². The van der Waals surface area contributed by atoms with Crippen LogP contribution in [-0.4, -0.2) is 18.8 Å². The van der Waals surface area contributed by atoms with Crippen molar-refractivity contribution in [3.63, 3.8) is 0 Å². The Morgan fingerprint density at radius 2 is 2.29 bits per heavy atom. The van der Waals surface area contributed by atoms with Crippen LogP contribution in [0.5, 0.6) is 5.75 Å². The third-order valence-electron chi connectivity index (χ3n) is 1.48. The molecule has 74 valence electrons. The van der Waals surface area contributed by atoms with Gasteiger partial charge in [-0.15, -0.1) is 0 Å². The Morgan fingerprint density at radius 3 is 2.86 bits per heavy atom. The van der Waals surface area contributed by atoms with Gasteiger partial charge in [-0.05, 0) is 18.2 Å². The summed E-state index contributed by atoms with van der Waals surface area (Å²) in [4.78, 5) is 21.0. The summed E-state index contributed by atoms with van der Waals surface area (Å²) >= 11 is 3.19. The minimum Gasteiger partial charge on any atom is -0.484 e. The maximum Gasteiger partial charge on any atom is 0.255 e. The van der Waals surface area contributed by atoms with Crippen LogP contribution in [0.25, 0.3) is 0 Å². The van der Waals surface area contributed by atoms with Crippen molar-refractivity contribution >= 4 is 28.1 Å². The van der Waals surface area contributed by atoms with Gasteiger partial charge in [0.1, 0.15) is 5.75 Å². The summed E-state index contributed by atoms with van der Waals surface area (Å²) < 4.78 is 5.69. The Bertz CT molecular complexity index is 365. The number of amides is 1. The number of benzene rings is 1. The highest BCUT2D eigenvalue weighted by atomic mass is 79.9. The van der Waals surface area contributed by atoms with Gasteiger partial charge in [0.25, 0.3) is 5.91 Å². The Kier molecular flexibility index (Phi) is 3.64. The lowest BCUT2D eigenvalue weighted by Crippen LogP contribution is -2.20. The lowest BCUT2D eigenvalue weighted by atomic mass is 10.2. The summed E-state index contributed by atoms with van der Waals surface area (Å²) in [5, 5.41) is 0. The van der Waals surface area contributed by atoms with E-state index in [0.717, 1.165) is 0 Å². The van der Waals surface area contributed by atoms with Crippen molar-refractivity contribution < 1.29 is 14.3 Å². The highest BCUT2D eigenvalue weighted by Gasteiger charge is 2.02. The number of aldehydes is 1. The summed E-state index contributed by atoms with van der Waals surface area (Å²) in [6.07, 6.45) is 0.696. The first kappa shape index (κ1) is 10.7. The third-order valence-corrected chi connectivity index (χ3v) is 2.20. The van der Waals surface area contributed by atoms with Crippen LogP contribution in [0.1, 0.15) is 10.4 Å². The van der Waals surface area contributed by atoms with Gasteiger partial charge in [0.05, 0.1) is 0 Å². The quantitative estimate of drug-likeness (QED) is 0.823. The minimum atomic E-state index is -0.555. The van der Waals surface area contributed by atoms with Crippen LogP contribution in [0.3, 0.4) is 0 Å². The van der Waals surface area contributed by atoms with Gasteiger partial charge >= 0.3 is 0 Å². The SMILES string of the molecule is NC(=O)COc1ccc(Br)c(C=O)c1. The second-order valence-electron chi connectivity index (χ2n) is 2.56. The van der Waals surface area contributed by atoms with E-state index in [2.05, 4.69) is 15.9 Å². The van der Waals surface area contributed by atoms with Crippen LogP contribution >= 0.6 is 15.9 Å². The Hall–Kier alpha value is -1.36. The summed E-state index contributed by atoms with van der Waals surface area (Å²) in [5.41, 5.74) is 5.36. The Balaban J connectivity index is 2.79. The number of rotatable bonds is 4. The van der Waals surface area contributed by atoms with Gasteiger partial charge in [-0.25, -0.2) is 0 Å². The number of carbonyl (C=O) groups is 2. The molecule has 1 amide bonds. The summed E-state index contributed by atoms with van der Waals surface area (Å²) in [6, 6.07) is 4.83. The van der Waals surface area contributed by atoms with E-state index in [0.29, 0.717) is 22.1 Å². The normalized spacial score (nSPS) is 9.50. The molecular weight excluding hydrogens is 250 g/mol. The molecule has 14 heavy (non-hydrogen) atoms. The molecule has 0 aromatic heterocycles. The first-order chi connectivity index (χ1) is 6.63. The summed E-state index contributed by atoms with van der Waals surface area (Å²) in [6.45, 7) is -0.195. The van der Waals surface area contributed by atoms with E-state index in [-0.39, 0.29) is 6.61 Å². The van der Waals surface area contributed by atoms with Crippen LogP contribution in [0, 0.1) is 0 Å². The molecule has 0 aliphatic carbocycles. The Morgan fingerprint density at radius 1 is 1.57 bits per heavy atom. The number of halogens is 1. The van der Waals surface area contributed by atoms with E-state index in [4.69, 9.17) is 10.5 Å². The maximum atomic E-state index is 10.5. The molecule has 0 atom stereocenters. The van der Waals surface area contributed by atoms with E-state index in [1.165, 1.54) is 6.07 Å². The van der Waals surface area contributed by atoms with Gasteiger partial charge in [0.15, 0.2) is 12.9 Å². The molecule has 2 N–H and O–H groups in total. The predicted molar refractivity (Wildman–Crippen MR) is 54.2 cm³/mol. The fourth-order valence-corrected chi connectivity index (χ4v) is 1.20. The second-order valence-corrected chi connectivity index (χ2v) is 3.41. The van der Waals surface area contributed by atoms with Gasteiger partial charge in [0, 0.05) is 10.0 Å². The number of hydrogen-bond acceptors (Lipinski definition) is 3. The monoisotopic (exact) mass is 257 g/mol. The molecule has 0 heterocycles. The third kappa shape index (κ3) is 2.85. The van der Waals surface area contributed by atoms with Crippen molar-refractivity contribution in [1.82, 2.24) is 0 Å². The molecule has 0 spiro atoms. The maximum absolute atomic E-state index is 10.5. The molecular formula is C9H8BrNO3. The number of carbonyl (C=O) groups excluding carboxylic acids is 2. The van der Waals surface area contributed by atoms with Gasteiger partial charge in [-0.2, -0.15) is 0 Å². The van der Waals surface area contributed by atoms with Crippen molar-refractivity contribution in [2.24, 2.45) is 5.73 Å². The average Bonchev–Trinajstić information content (AvgIpc) is 2.16. The highest BCUT2D eigenvalue weighted by Crippen LogP contribution is 2.20. The molecule has 1 rings (SSSR count).